The van der Waals surface area contributed by atoms with Crippen molar-refractivity contribution >= 4 is 23.3 Å². The highest BCUT2D eigenvalue weighted by molar-refractivity contribution is 6.30. The maximum Gasteiger partial charge on any atom is 0.242 e. The molecular weight excluding hydrogens is 328 g/mol. The Kier molecular flexibility index (Phi) is 5.42. The number of anilines is 1. The smallest absolute Gasteiger partial charge is 0.242 e. The van der Waals surface area contributed by atoms with Gasteiger partial charge in [0.05, 0.1) is 17.6 Å². The van der Waals surface area contributed by atoms with Gasteiger partial charge in [0.15, 0.2) is 0 Å². The third-order valence-electron chi connectivity index (χ3n) is 4.39. The molecule has 3 rings (SSSR count). The van der Waals surface area contributed by atoms with E-state index in [0.717, 1.165) is 25.9 Å². The SMILES string of the molecule is C[C@H](C(=O)Nc1ccc(Cl)cn1)N1CCCC[C@@H]1Cn1cncn1. The van der Waals surface area contributed by atoms with Crippen molar-refractivity contribution < 1.29 is 4.79 Å². The van der Waals surface area contributed by atoms with Crippen molar-refractivity contribution in [3.8, 4) is 0 Å². The van der Waals surface area contributed by atoms with E-state index in [1.807, 2.05) is 11.6 Å². The van der Waals surface area contributed by atoms with Gasteiger partial charge in [0.1, 0.15) is 18.5 Å². The number of amides is 1. The number of likely N-dealkylation sites (tertiary alicyclic amines) is 1. The number of nitrogens with zero attached hydrogens (tertiary/aromatic N) is 5. The second-order valence-electron chi connectivity index (χ2n) is 6.03. The molecule has 1 fully saturated rings. The van der Waals surface area contributed by atoms with E-state index in [4.69, 9.17) is 11.6 Å². The summed E-state index contributed by atoms with van der Waals surface area (Å²) in [5, 5.41) is 7.59. The van der Waals surface area contributed by atoms with E-state index in [-0.39, 0.29) is 18.0 Å². The van der Waals surface area contributed by atoms with Crippen LogP contribution in [0.15, 0.2) is 31.0 Å². The lowest BCUT2D eigenvalue weighted by atomic mass is 9.99. The summed E-state index contributed by atoms with van der Waals surface area (Å²) in [5.41, 5.74) is 0. The molecule has 0 bridgehead atoms. The summed E-state index contributed by atoms with van der Waals surface area (Å²) in [5.74, 6) is 0.455. The lowest BCUT2D eigenvalue weighted by molar-refractivity contribution is -0.122. The molecule has 1 saturated heterocycles. The van der Waals surface area contributed by atoms with E-state index in [1.54, 1.807) is 18.5 Å². The summed E-state index contributed by atoms with van der Waals surface area (Å²) < 4.78 is 1.83. The second-order valence-corrected chi connectivity index (χ2v) is 6.47. The van der Waals surface area contributed by atoms with Crippen molar-refractivity contribution in [3.63, 3.8) is 0 Å². The van der Waals surface area contributed by atoms with Crippen LogP contribution in [0.2, 0.25) is 5.02 Å². The zero-order chi connectivity index (χ0) is 16.9. The number of hydrogen-bond acceptors (Lipinski definition) is 5. The maximum absolute atomic E-state index is 12.6. The van der Waals surface area contributed by atoms with E-state index in [0.29, 0.717) is 10.8 Å². The molecule has 0 aromatic carbocycles. The Bertz CT molecular complexity index is 660. The van der Waals surface area contributed by atoms with Gasteiger partial charge in [-0.3, -0.25) is 14.4 Å². The Labute approximate surface area is 146 Å². The highest BCUT2D eigenvalue weighted by Gasteiger charge is 2.30. The van der Waals surface area contributed by atoms with Gasteiger partial charge in [0.25, 0.3) is 0 Å². The van der Waals surface area contributed by atoms with Crippen molar-refractivity contribution in [3.05, 3.63) is 36.0 Å². The van der Waals surface area contributed by atoms with Crippen LogP contribution in [0.1, 0.15) is 26.2 Å². The fraction of sp³-hybridized carbons (Fsp3) is 0.500. The topological polar surface area (TPSA) is 75.9 Å². The fourth-order valence-electron chi connectivity index (χ4n) is 3.10. The molecule has 2 aromatic rings. The standard InChI is InChI=1S/C16H21ClN6O/c1-12(16(24)21-15-6-5-13(17)8-19-15)23-7-3-2-4-14(23)9-22-11-18-10-20-22/h5-6,8,10-12,14H,2-4,7,9H2,1H3,(H,19,21,24)/t12-,14-/m1/s1. The number of halogens is 1. The van der Waals surface area contributed by atoms with Gasteiger partial charge >= 0.3 is 0 Å². The first-order valence-electron chi connectivity index (χ1n) is 8.14. The van der Waals surface area contributed by atoms with Crippen LogP contribution in [-0.4, -0.2) is 49.2 Å². The molecule has 1 aliphatic rings. The monoisotopic (exact) mass is 348 g/mol. The molecule has 8 heteroatoms. The molecule has 24 heavy (non-hydrogen) atoms. The molecule has 3 heterocycles. The molecule has 7 nitrogen and oxygen atoms in total. The number of carbonyl (C=O) groups excluding carboxylic acids is 1. The Morgan fingerprint density at radius 1 is 1.46 bits per heavy atom. The Hall–Kier alpha value is -1.99. The third-order valence-corrected chi connectivity index (χ3v) is 4.62. The molecule has 0 radical (unpaired) electrons. The first kappa shape index (κ1) is 16.9. The van der Waals surface area contributed by atoms with Gasteiger partial charge in [-0.2, -0.15) is 5.10 Å². The summed E-state index contributed by atoms with van der Waals surface area (Å²) in [7, 11) is 0. The van der Waals surface area contributed by atoms with Crippen molar-refractivity contribution in [1.82, 2.24) is 24.6 Å². The molecule has 2 aromatic heterocycles. The maximum atomic E-state index is 12.6. The average molecular weight is 349 g/mol. The average Bonchev–Trinajstić information content (AvgIpc) is 3.10. The molecule has 1 N–H and O–H groups in total. The van der Waals surface area contributed by atoms with Crippen LogP contribution in [-0.2, 0) is 11.3 Å². The molecule has 0 aliphatic carbocycles. The molecular formula is C16H21ClN6O. The molecule has 0 unspecified atom stereocenters. The summed E-state index contributed by atoms with van der Waals surface area (Å²) >= 11 is 5.82. The highest BCUT2D eigenvalue weighted by Crippen LogP contribution is 2.21. The van der Waals surface area contributed by atoms with Gasteiger partial charge < -0.3 is 5.32 Å². The molecule has 1 amide bonds. The van der Waals surface area contributed by atoms with Crippen LogP contribution in [0.5, 0.6) is 0 Å². The normalized spacial score (nSPS) is 19.8. The minimum absolute atomic E-state index is 0.0599. The lowest BCUT2D eigenvalue weighted by Crippen LogP contribution is -2.51. The molecule has 0 spiro atoms. The van der Waals surface area contributed by atoms with Crippen LogP contribution in [0.25, 0.3) is 0 Å². The minimum Gasteiger partial charge on any atom is -0.309 e. The van der Waals surface area contributed by atoms with Gasteiger partial charge in [-0.1, -0.05) is 18.0 Å². The van der Waals surface area contributed by atoms with Crippen LogP contribution >= 0.6 is 11.6 Å². The van der Waals surface area contributed by atoms with E-state index in [2.05, 4.69) is 25.3 Å². The Morgan fingerprint density at radius 2 is 2.33 bits per heavy atom. The predicted octanol–water partition coefficient (Wildman–Crippen LogP) is 2.21. The number of pyridine rings is 1. The number of carbonyl (C=O) groups is 1. The van der Waals surface area contributed by atoms with Gasteiger partial charge in [-0.25, -0.2) is 9.97 Å². The van der Waals surface area contributed by atoms with Crippen molar-refractivity contribution in [1.29, 1.82) is 0 Å². The molecule has 128 valence electrons. The van der Waals surface area contributed by atoms with E-state index < -0.39 is 0 Å². The van der Waals surface area contributed by atoms with Crippen molar-refractivity contribution in [2.75, 3.05) is 11.9 Å². The Morgan fingerprint density at radius 3 is 3.04 bits per heavy atom. The van der Waals surface area contributed by atoms with E-state index in [1.165, 1.54) is 18.9 Å². The summed E-state index contributed by atoms with van der Waals surface area (Å²) in [6.45, 7) is 3.59. The van der Waals surface area contributed by atoms with Gasteiger partial charge in [0, 0.05) is 12.2 Å². The van der Waals surface area contributed by atoms with Crippen LogP contribution in [0.4, 0.5) is 5.82 Å². The minimum atomic E-state index is -0.240. The highest BCUT2D eigenvalue weighted by atomic mass is 35.5. The molecule has 2 atom stereocenters. The zero-order valence-electron chi connectivity index (χ0n) is 13.6. The van der Waals surface area contributed by atoms with Crippen LogP contribution in [0.3, 0.4) is 0 Å². The molecule has 1 aliphatic heterocycles. The second kappa shape index (κ2) is 7.72. The van der Waals surface area contributed by atoms with Gasteiger partial charge in [-0.05, 0) is 38.4 Å². The summed E-state index contributed by atoms with van der Waals surface area (Å²) in [4.78, 5) is 22.9. The van der Waals surface area contributed by atoms with E-state index >= 15 is 0 Å². The van der Waals surface area contributed by atoms with Crippen molar-refractivity contribution in [2.24, 2.45) is 0 Å². The largest absolute Gasteiger partial charge is 0.309 e. The summed E-state index contributed by atoms with van der Waals surface area (Å²) in [6, 6.07) is 3.45. The number of piperidine rings is 1. The number of nitrogens with one attached hydrogen (secondary N) is 1. The molecule has 0 saturated carbocycles. The first-order valence-corrected chi connectivity index (χ1v) is 8.52. The number of hydrogen-bond donors (Lipinski definition) is 1. The van der Waals surface area contributed by atoms with Gasteiger partial charge in [-0.15, -0.1) is 0 Å². The third kappa shape index (κ3) is 4.10. The van der Waals surface area contributed by atoms with E-state index in [9.17, 15) is 4.79 Å². The van der Waals surface area contributed by atoms with Crippen LogP contribution in [0, 0.1) is 0 Å². The predicted molar refractivity (Wildman–Crippen MR) is 91.7 cm³/mol. The van der Waals surface area contributed by atoms with Crippen LogP contribution < -0.4 is 5.32 Å². The lowest BCUT2D eigenvalue weighted by Gasteiger charge is -2.39. The number of aromatic nitrogens is 4. The zero-order valence-corrected chi connectivity index (χ0v) is 14.4. The fourth-order valence-corrected chi connectivity index (χ4v) is 3.21. The summed E-state index contributed by atoms with van der Waals surface area (Å²) in [6.07, 6.45) is 8.10. The first-order chi connectivity index (χ1) is 11.6. The van der Waals surface area contributed by atoms with Crippen molar-refractivity contribution in [2.45, 2.75) is 44.8 Å². The number of rotatable bonds is 5. The Balaban J connectivity index is 1.65. The quantitative estimate of drug-likeness (QED) is 0.896. The van der Waals surface area contributed by atoms with Gasteiger partial charge in [0.2, 0.25) is 5.91 Å².